The minimum atomic E-state index is -0.308. The molecule has 0 atom stereocenters. The van der Waals surface area contributed by atoms with E-state index in [1.165, 1.54) is 11.8 Å². The predicted molar refractivity (Wildman–Crippen MR) is 122 cm³/mol. The van der Waals surface area contributed by atoms with E-state index in [4.69, 9.17) is 20.8 Å². The number of amides is 1. The number of benzene rings is 2. The molecule has 0 saturated carbocycles. The normalized spacial score (nSPS) is 11.4. The molecule has 0 saturated heterocycles. The van der Waals surface area contributed by atoms with Gasteiger partial charge in [0.25, 0.3) is 11.1 Å². The van der Waals surface area contributed by atoms with Gasteiger partial charge in [-0.2, -0.15) is 0 Å². The summed E-state index contributed by atoms with van der Waals surface area (Å²) in [4.78, 5) is 14.8. The molecule has 0 aliphatic carbocycles. The van der Waals surface area contributed by atoms with Gasteiger partial charge in [-0.1, -0.05) is 53.7 Å². The van der Waals surface area contributed by atoms with Gasteiger partial charge in [-0.3, -0.25) is 4.79 Å². The smallest absolute Gasteiger partial charge is 0.277 e. The Bertz CT molecular complexity index is 1020. The van der Waals surface area contributed by atoms with E-state index in [1.54, 1.807) is 12.1 Å². The highest BCUT2D eigenvalue weighted by Gasteiger charge is 2.27. The number of thioether (sulfide) groups is 1. The Balaban J connectivity index is 1.55. The van der Waals surface area contributed by atoms with Crippen molar-refractivity contribution in [2.24, 2.45) is 0 Å². The number of nitrogens with zero attached hydrogens (tertiary/aromatic N) is 3. The molecule has 0 radical (unpaired) electrons. The summed E-state index contributed by atoms with van der Waals surface area (Å²) >= 11 is 7.25. The van der Waals surface area contributed by atoms with Crippen LogP contribution in [0.5, 0.6) is 5.75 Å². The summed E-state index contributed by atoms with van der Waals surface area (Å²) in [7, 11) is 0. The molecule has 3 rings (SSSR count). The number of ether oxygens (including phenoxy) is 1. The standard InChI is InChI=1S/C23H26ClN3O3S/c1-16-12-18(10-11-19(16)24)29-14-20-25-26-22(30-20)31-15-21(28)27(23(2,3)4)13-17-8-6-5-7-9-17/h5-12H,13-15H2,1-4H3. The van der Waals surface area contributed by atoms with E-state index in [-0.39, 0.29) is 23.8 Å². The lowest BCUT2D eigenvalue weighted by molar-refractivity contribution is -0.133. The van der Waals surface area contributed by atoms with E-state index in [0.717, 1.165) is 11.1 Å². The van der Waals surface area contributed by atoms with Crippen LogP contribution in [0, 0.1) is 6.92 Å². The summed E-state index contributed by atoms with van der Waals surface area (Å²) in [5.74, 6) is 1.24. The minimum absolute atomic E-state index is 0.00833. The van der Waals surface area contributed by atoms with Crippen molar-refractivity contribution in [2.75, 3.05) is 5.75 Å². The van der Waals surface area contributed by atoms with Gasteiger partial charge in [-0.25, -0.2) is 0 Å². The first kappa shape index (κ1) is 23.2. The minimum Gasteiger partial charge on any atom is -0.484 e. The maximum Gasteiger partial charge on any atom is 0.277 e. The van der Waals surface area contributed by atoms with Gasteiger partial charge in [-0.15, -0.1) is 10.2 Å². The lowest BCUT2D eigenvalue weighted by Crippen LogP contribution is -2.45. The first-order chi connectivity index (χ1) is 14.7. The third-order valence-electron chi connectivity index (χ3n) is 4.55. The number of halogens is 1. The molecule has 0 N–H and O–H groups in total. The highest BCUT2D eigenvalue weighted by atomic mass is 35.5. The number of rotatable bonds is 8. The van der Waals surface area contributed by atoms with Crippen molar-refractivity contribution >= 4 is 29.3 Å². The Morgan fingerprint density at radius 1 is 1.16 bits per heavy atom. The van der Waals surface area contributed by atoms with Gasteiger partial charge < -0.3 is 14.1 Å². The van der Waals surface area contributed by atoms with Gasteiger partial charge in [0.05, 0.1) is 5.75 Å². The Labute approximate surface area is 191 Å². The van der Waals surface area contributed by atoms with Crippen LogP contribution in [0.4, 0.5) is 0 Å². The first-order valence-electron chi connectivity index (χ1n) is 9.91. The molecule has 0 unspecified atom stereocenters. The first-order valence-corrected chi connectivity index (χ1v) is 11.3. The molecule has 0 aliphatic heterocycles. The second-order valence-electron chi connectivity index (χ2n) is 8.09. The van der Waals surface area contributed by atoms with E-state index in [9.17, 15) is 4.79 Å². The van der Waals surface area contributed by atoms with E-state index in [2.05, 4.69) is 10.2 Å². The average molecular weight is 460 g/mol. The highest BCUT2D eigenvalue weighted by molar-refractivity contribution is 7.99. The molecule has 31 heavy (non-hydrogen) atoms. The molecule has 164 valence electrons. The van der Waals surface area contributed by atoms with Crippen LogP contribution >= 0.6 is 23.4 Å². The van der Waals surface area contributed by atoms with Crippen molar-refractivity contribution < 1.29 is 13.9 Å². The molecule has 1 heterocycles. The molecule has 0 bridgehead atoms. The maximum absolute atomic E-state index is 12.9. The molecule has 3 aromatic rings. The summed E-state index contributed by atoms with van der Waals surface area (Å²) in [6, 6.07) is 15.4. The van der Waals surface area contributed by atoms with Gasteiger partial charge in [0.15, 0.2) is 6.61 Å². The van der Waals surface area contributed by atoms with Crippen molar-refractivity contribution in [3.63, 3.8) is 0 Å². The molecular weight excluding hydrogens is 434 g/mol. The third kappa shape index (κ3) is 6.74. The van der Waals surface area contributed by atoms with Crippen molar-refractivity contribution in [1.82, 2.24) is 15.1 Å². The zero-order valence-corrected chi connectivity index (χ0v) is 19.7. The Morgan fingerprint density at radius 2 is 1.90 bits per heavy atom. The molecule has 8 heteroatoms. The number of carbonyl (C=O) groups excluding carboxylic acids is 1. The maximum atomic E-state index is 12.9. The largest absolute Gasteiger partial charge is 0.484 e. The fraction of sp³-hybridized carbons (Fsp3) is 0.348. The average Bonchev–Trinajstić information content (AvgIpc) is 3.19. The van der Waals surface area contributed by atoms with Gasteiger partial charge in [-0.05, 0) is 57.0 Å². The van der Waals surface area contributed by atoms with Crippen LogP contribution in [0.2, 0.25) is 5.02 Å². The summed E-state index contributed by atoms with van der Waals surface area (Å²) in [6.07, 6.45) is 0. The predicted octanol–water partition coefficient (Wildman–Crippen LogP) is 5.53. The Hall–Kier alpha value is -2.51. The number of aromatic nitrogens is 2. The number of aryl methyl sites for hydroxylation is 1. The van der Waals surface area contributed by atoms with Crippen LogP contribution in [0.1, 0.15) is 37.8 Å². The highest BCUT2D eigenvalue weighted by Crippen LogP contribution is 2.24. The topological polar surface area (TPSA) is 68.5 Å². The number of carbonyl (C=O) groups is 1. The monoisotopic (exact) mass is 459 g/mol. The van der Waals surface area contributed by atoms with Crippen molar-refractivity contribution in [3.05, 3.63) is 70.6 Å². The molecule has 1 amide bonds. The van der Waals surface area contributed by atoms with Crippen LogP contribution in [0.25, 0.3) is 0 Å². The quantitative estimate of drug-likeness (QED) is 0.412. The van der Waals surface area contributed by atoms with Crippen LogP contribution in [0.3, 0.4) is 0 Å². The molecule has 0 aliphatic rings. The van der Waals surface area contributed by atoms with E-state index >= 15 is 0 Å². The number of hydrogen-bond acceptors (Lipinski definition) is 6. The summed E-state index contributed by atoms with van der Waals surface area (Å²) < 4.78 is 11.3. The molecular formula is C23H26ClN3O3S. The van der Waals surface area contributed by atoms with Gasteiger partial charge in [0.1, 0.15) is 5.75 Å². The Kier molecular flexibility index (Phi) is 7.62. The molecule has 6 nitrogen and oxygen atoms in total. The van der Waals surface area contributed by atoms with Crippen LogP contribution in [-0.2, 0) is 17.9 Å². The SMILES string of the molecule is Cc1cc(OCc2nnc(SCC(=O)N(Cc3ccccc3)C(C)(C)C)o2)ccc1Cl. The van der Waals surface area contributed by atoms with Crippen LogP contribution in [-0.4, -0.2) is 32.3 Å². The lowest BCUT2D eigenvalue weighted by atomic mass is 10.0. The summed E-state index contributed by atoms with van der Waals surface area (Å²) in [5, 5.41) is 9.03. The fourth-order valence-corrected chi connectivity index (χ4v) is 3.65. The molecule has 0 fully saturated rings. The summed E-state index contributed by atoms with van der Waals surface area (Å²) in [6.45, 7) is 8.68. The molecule has 0 spiro atoms. The van der Waals surface area contributed by atoms with E-state index < -0.39 is 0 Å². The lowest BCUT2D eigenvalue weighted by Gasteiger charge is -2.35. The zero-order valence-electron chi connectivity index (χ0n) is 18.1. The van der Waals surface area contributed by atoms with Gasteiger partial charge >= 0.3 is 0 Å². The van der Waals surface area contributed by atoms with Crippen molar-refractivity contribution in [2.45, 2.75) is 51.6 Å². The van der Waals surface area contributed by atoms with Crippen LogP contribution < -0.4 is 4.74 Å². The fourth-order valence-electron chi connectivity index (χ4n) is 2.87. The third-order valence-corrected chi connectivity index (χ3v) is 5.78. The van der Waals surface area contributed by atoms with E-state index in [0.29, 0.717) is 28.4 Å². The van der Waals surface area contributed by atoms with Crippen molar-refractivity contribution in [1.29, 1.82) is 0 Å². The molecule has 2 aromatic carbocycles. The Morgan fingerprint density at radius 3 is 2.58 bits per heavy atom. The molecule has 1 aromatic heterocycles. The number of hydrogen-bond donors (Lipinski definition) is 0. The van der Waals surface area contributed by atoms with Crippen molar-refractivity contribution in [3.8, 4) is 5.75 Å². The van der Waals surface area contributed by atoms with Gasteiger partial charge in [0.2, 0.25) is 5.91 Å². The van der Waals surface area contributed by atoms with Crippen LogP contribution in [0.15, 0.2) is 58.2 Å². The van der Waals surface area contributed by atoms with E-state index in [1.807, 2.05) is 69.0 Å². The second kappa shape index (κ2) is 10.2. The zero-order chi connectivity index (χ0) is 22.4. The summed E-state index contributed by atoms with van der Waals surface area (Å²) in [5.41, 5.74) is 1.71. The van der Waals surface area contributed by atoms with Gasteiger partial charge in [0, 0.05) is 17.1 Å². The second-order valence-corrected chi connectivity index (χ2v) is 9.42.